The highest BCUT2D eigenvalue weighted by Crippen LogP contribution is 2.30. The van der Waals surface area contributed by atoms with Gasteiger partial charge in [-0.1, -0.05) is 47.5 Å². The largest absolute Gasteiger partial charge is 0.333 e. The van der Waals surface area contributed by atoms with Crippen molar-refractivity contribution in [2.75, 3.05) is 5.32 Å². The molecule has 0 saturated carbocycles. The summed E-state index contributed by atoms with van der Waals surface area (Å²) in [4.78, 5) is 17.8. The molecule has 2 N–H and O–H groups in total. The van der Waals surface area contributed by atoms with E-state index in [0.717, 1.165) is 21.1 Å². The van der Waals surface area contributed by atoms with Gasteiger partial charge < -0.3 is 10.6 Å². The molecule has 0 fully saturated rings. The molecule has 0 saturated heterocycles. The Morgan fingerprint density at radius 2 is 1.88 bits per heavy atom. The number of benzene rings is 2. The van der Waals surface area contributed by atoms with Crippen LogP contribution < -0.4 is 10.6 Å². The van der Waals surface area contributed by atoms with Gasteiger partial charge in [-0.3, -0.25) is 0 Å². The van der Waals surface area contributed by atoms with E-state index in [2.05, 4.69) is 34.7 Å². The topological polar surface area (TPSA) is 54.0 Å². The summed E-state index contributed by atoms with van der Waals surface area (Å²) in [5.74, 6) is 0. The second-order valence-corrected chi connectivity index (χ2v) is 7.68. The number of nitrogens with one attached hydrogen (secondary N) is 2. The summed E-state index contributed by atoms with van der Waals surface area (Å²) < 4.78 is 0. The first-order valence-corrected chi connectivity index (χ1v) is 9.53. The monoisotopic (exact) mass is 405 g/mol. The van der Waals surface area contributed by atoms with E-state index in [-0.39, 0.29) is 6.03 Å². The van der Waals surface area contributed by atoms with Gasteiger partial charge in [-0.25, -0.2) is 9.78 Å². The van der Waals surface area contributed by atoms with E-state index in [1.807, 2.05) is 19.1 Å². The number of urea groups is 1. The first kappa shape index (κ1) is 18.7. The van der Waals surface area contributed by atoms with Crippen molar-refractivity contribution in [3.8, 4) is 10.6 Å². The maximum Gasteiger partial charge on any atom is 0.319 e. The number of hydrogen-bond donors (Lipinski definition) is 2. The molecule has 134 valence electrons. The Labute approximate surface area is 166 Å². The van der Waals surface area contributed by atoms with Gasteiger partial charge in [-0.15, -0.1) is 11.3 Å². The van der Waals surface area contributed by atoms with Gasteiger partial charge in [-0.2, -0.15) is 0 Å². The first-order chi connectivity index (χ1) is 12.4. The molecule has 0 atom stereocenters. The van der Waals surface area contributed by atoms with Gasteiger partial charge in [0.05, 0.1) is 22.3 Å². The Hall–Kier alpha value is -2.08. The Balaban J connectivity index is 1.65. The third-order valence-electron chi connectivity index (χ3n) is 3.86. The predicted octanol–water partition coefficient (Wildman–Crippen LogP) is 6.06. The molecule has 1 aromatic heterocycles. The second-order valence-electron chi connectivity index (χ2n) is 5.78. The van der Waals surface area contributed by atoms with Crippen molar-refractivity contribution < 1.29 is 4.79 Å². The van der Waals surface area contributed by atoms with Crippen molar-refractivity contribution >= 4 is 46.3 Å². The summed E-state index contributed by atoms with van der Waals surface area (Å²) in [5, 5.41) is 7.38. The van der Waals surface area contributed by atoms with Crippen LogP contribution in [0.5, 0.6) is 0 Å². The number of carbonyl (C=O) groups is 1. The van der Waals surface area contributed by atoms with Crippen LogP contribution in [0.3, 0.4) is 0 Å². The lowest BCUT2D eigenvalue weighted by Gasteiger charge is -2.08. The number of amides is 2. The average Bonchev–Trinajstić information content (AvgIpc) is 2.97. The molecule has 0 aliphatic carbocycles. The Morgan fingerprint density at radius 3 is 2.62 bits per heavy atom. The molecular weight excluding hydrogens is 389 g/mol. The van der Waals surface area contributed by atoms with Gasteiger partial charge in [0.1, 0.15) is 5.01 Å². The fourth-order valence-electron chi connectivity index (χ4n) is 2.43. The van der Waals surface area contributed by atoms with Crippen molar-refractivity contribution in [2.45, 2.75) is 20.4 Å². The Morgan fingerprint density at radius 1 is 1.12 bits per heavy atom. The molecular formula is C19H17Cl2N3OS. The molecule has 3 aromatic rings. The second kappa shape index (κ2) is 8.08. The number of anilines is 1. The van der Waals surface area contributed by atoms with Gasteiger partial charge in [0, 0.05) is 16.1 Å². The summed E-state index contributed by atoms with van der Waals surface area (Å²) >= 11 is 13.4. The van der Waals surface area contributed by atoms with Gasteiger partial charge in [0.2, 0.25) is 0 Å². The summed E-state index contributed by atoms with van der Waals surface area (Å²) in [6, 6.07) is 12.8. The number of hydrogen-bond acceptors (Lipinski definition) is 3. The van der Waals surface area contributed by atoms with Crippen molar-refractivity contribution in [1.29, 1.82) is 0 Å². The Kier molecular flexibility index (Phi) is 5.81. The molecule has 1 heterocycles. The number of aryl methyl sites for hydroxylation is 2. The highest BCUT2D eigenvalue weighted by molar-refractivity contribution is 7.15. The average molecular weight is 406 g/mol. The lowest BCUT2D eigenvalue weighted by atomic mass is 10.1. The highest BCUT2D eigenvalue weighted by atomic mass is 35.5. The van der Waals surface area contributed by atoms with Gasteiger partial charge in [-0.05, 0) is 37.6 Å². The van der Waals surface area contributed by atoms with E-state index in [0.29, 0.717) is 22.3 Å². The maximum absolute atomic E-state index is 12.1. The molecule has 2 amide bonds. The summed E-state index contributed by atoms with van der Waals surface area (Å²) in [6.45, 7) is 4.42. The molecule has 3 rings (SSSR count). The quantitative estimate of drug-likeness (QED) is 0.554. The lowest BCUT2D eigenvalue weighted by Crippen LogP contribution is -2.28. The number of halogens is 2. The fourth-order valence-corrected chi connectivity index (χ4v) is 3.82. The van der Waals surface area contributed by atoms with E-state index < -0.39 is 0 Å². The van der Waals surface area contributed by atoms with Gasteiger partial charge >= 0.3 is 6.03 Å². The molecule has 0 aliphatic rings. The van der Waals surface area contributed by atoms with E-state index in [1.165, 1.54) is 5.56 Å². The minimum absolute atomic E-state index is 0.311. The van der Waals surface area contributed by atoms with Crippen molar-refractivity contribution in [1.82, 2.24) is 10.3 Å². The third kappa shape index (κ3) is 4.36. The van der Waals surface area contributed by atoms with Crippen molar-refractivity contribution in [2.24, 2.45) is 0 Å². The van der Waals surface area contributed by atoms with Crippen LogP contribution in [0.25, 0.3) is 10.6 Å². The summed E-state index contributed by atoms with van der Waals surface area (Å²) in [7, 11) is 0. The van der Waals surface area contributed by atoms with E-state index in [9.17, 15) is 4.79 Å². The number of thiazole rings is 1. The molecule has 0 spiro atoms. The van der Waals surface area contributed by atoms with Crippen LogP contribution >= 0.6 is 34.5 Å². The SMILES string of the molecule is Cc1ccccc1-c1nc(C)c(CNC(=O)Nc2ccc(Cl)c(Cl)c2)s1. The molecule has 0 bridgehead atoms. The van der Waals surface area contributed by atoms with Crippen molar-refractivity contribution in [3.05, 3.63) is 68.6 Å². The standard InChI is InChI=1S/C19H17Cl2N3OS/c1-11-5-3-4-6-14(11)18-23-12(2)17(26-18)10-22-19(25)24-13-7-8-15(20)16(21)9-13/h3-9H,10H2,1-2H3,(H2,22,24,25). The van der Waals surface area contributed by atoms with Crippen molar-refractivity contribution in [3.63, 3.8) is 0 Å². The minimum atomic E-state index is -0.311. The fraction of sp³-hybridized carbons (Fsp3) is 0.158. The van der Waals surface area contributed by atoms with E-state index in [4.69, 9.17) is 23.2 Å². The zero-order valence-electron chi connectivity index (χ0n) is 14.3. The molecule has 0 radical (unpaired) electrons. The predicted molar refractivity (Wildman–Crippen MR) is 109 cm³/mol. The summed E-state index contributed by atoms with van der Waals surface area (Å²) in [6.07, 6.45) is 0. The van der Waals surface area contributed by atoms with Crippen LogP contribution in [0.1, 0.15) is 16.1 Å². The number of aromatic nitrogens is 1. The molecule has 0 unspecified atom stereocenters. The molecule has 2 aromatic carbocycles. The van der Waals surface area contributed by atoms with E-state index in [1.54, 1.807) is 29.5 Å². The van der Waals surface area contributed by atoms with Crippen LogP contribution in [-0.2, 0) is 6.54 Å². The maximum atomic E-state index is 12.1. The third-order valence-corrected chi connectivity index (χ3v) is 5.78. The van der Waals surface area contributed by atoms with E-state index >= 15 is 0 Å². The van der Waals surface area contributed by atoms with Crippen LogP contribution in [0.15, 0.2) is 42.5 Å². The molecule has 26 heavy (non-hydrogen) atoms. The molecule has 7 heteroatoms. The zero-order chi connectivity index (χ0) is 18.7. The smallest absolute Gasteiger partial charge is 0.319 e. The highest BCUT2D eigenvalue weighted by Gasteiger charge is 2.12. The summed E-state index contributed by atoms with van der Waals surface area (Å²) in [5.41, 5.74) is 3.80. The zero-order valence-corrected chi connectivity index (χ0v) is 16.6. The minimum Gasteiger partial charge on any atom is -0.333 e. The van der Waals surface area contributed by atoms with Crippen LogP contribution in [0, 0.1) is 13.8 Å². The number of carbonyl (C=O) groups excluding carboxylic acids is 1. The lowest BCUT2D eigenvalue weighted by molar-refractivity contribution is 0.252. The normalized spacial score (nSPS) is 10.6. The van der Waals surface area contributed by atoms with Gasteiger partial charge in [0.25, 0.3) is 0 Å². The van der Waals surface area contributed by atoms with Gasteiger partial charge in [0.15, 0.2) is 0 Å². The number of rotatable bonds is 4. The van der Waals surface area contributed by atoms with Crippen LogP contribution in [0.2, 0.25) is 10.0 Å². The Bertz CT molecular complexity index is 956. The van der Waals surface area contributed by atoms with Crippen LogP contribution in [-0.4, -0.2) is 11.0 Å². The number of nitrogens with zero attached hydrogens (tertiary/aromatic N) is 1. The molecule has 0 aliphatic heterocycles. The molecule has 4 nitrogen and oxygen atoms in total. The first-order valence-electron chi connectivity index (χ1n) is 7.96. The van der Waals surface area contributed by atoms with Crippen LogP contribution in [0.4, 0.5) is 10.5 Å².